The molecule has 0 amide bonds. The molecule has 2 nitrogen and oxygen atoms in total. The minimum Gasteiger partial charge on any atom is -0.356 e. The maximum Gasteiger partial charge on any atom is 1.00 e. The molecule has 0 saturated carbocycles. The molecule has 2 radical (unpaired) electrons. The minimum atomic E-state index is 0. The molecule has 5 heteroatoms. The molecule has 1 aromatic heterocycles. The van der Waals surface area contributed by atoms with Crippen LogP contribution in [0.15, 0.2) is 18.3 Å². The van der Waals surface area contributed by atoms with Gasteiger partial charge in [0.25, 0.3) is 0 Å². The minimum absolute atomic E-state index is 0. The average Bonchev–Trinajstić information content (AvgIpc) is 2.39. The number of anilines is 1. The average molecular weight is 571 g/mol. The molecule has 1 unspecified atom stereocenters. The topological polar surface area (TPSA) is 16.1 Å². The molecule has 0 saturated heterocycles. The van der Waals surface area contributed by atoms with Gasteiger partial charge in [-0.15, -0.1) is 0 Å². The normalized spacial score (nSPS) is 15.2. The molecule has 0 aliphatic carbocycles. The third-order valence-electron chi connectivity index (χ3n) is 3.39. The predicted molar refractivity (Wildman–Crippen MR) is 79.9 cm³/mol. The van der Waals surface area contributed by atoms with E-state index in [0.717, 1.165) is 6.42 Å². The zero-order valence-corrected chi connectivity index (χ0v) is 17.5. The molecule has 1 aliphatic heterocycles. The van der Waals surface area contributed by atoms with Gasteiger partial charge < -0.3 is 11.8 Å². The van der Waals surface area contributed by atoms with Crippen LogP contribution in [-0.4, -0.2) is 18.1 Å². The molecule has 0 aromatic carbocycles. The summed E-state index contributed by atoms with van der Waals surface area (Å²) >= 11 is 0. The first kappa shape index (κ1) is 27.0. The molecular formula is C16H27Ag3N2. The van der Waals surface area contributed by atoms with Gasteiger partial charge in [-0.3, -0.25) is 0 Å². The van der Waals surface area contributed by atoms with E-state index >= 15 is 0 Å². The summed E-state index contributed by atoms with van der Waals surface area (Å²) in [5.74, 6) is 1.20. The number of hydrogen-bond donors (Lipinski definition) is 0. The van der Waals surface area contributed by atoms with Crippen LogP contribution in [0.5, 0.6) is 0 Å². The van der Waals surface area contributed by atoms with Crippen molar-refractivity contribution < 1.29 is 67.1 Å². The SMILES string of the molecule is CCCCC1CCc2cccnc2N1C.[Ag+].[Ag].[Ag].[CH2-]CC. The molecule has 0 N–H and O–H groups in total. The van der Waals surface area contributed by atoms with E-state index in [-0.39, 0.29) is 67.1 Å². The number of rotatable bonds is 3. The Labute approximate surface area is 177 Å². The largest absolute Gasteiger partial charge is 1.00 e. The fourth-order valence-corrected chi connectivity index (χ4v) is 2.41. The van der Waals surface area contributed by atoms with E-state index in [0.29, 0.717) is 6.04 Å². The van der Waals surface area contributed by atoms with E-state index in [2.05, 4.69) is 36.8 Å². The van der Waals surface area contributed by atoms with E-state index in [4.69, 9.17) is 0 Å². The standard InChI is InChI=1S/C13H20N2.C3H7.3Ag/c1-3-4-7-12-9-8-11-6-5-10-14-13(11)15(12)2;1-3-2;;;/h5-6,10,12H,3-4,7-9H2,1-2H3;1,3H2,2H3;;;/q;-1;;;+1. The molecule has 21 heavy (non-hydrogen) atoms. The van der Waals surface area contributed by atoms with Crippen molar-refractivity contribution >= 4 is 5.82 Å². The molecule has 1 aliphatic rings. The summed E-state index contributed by atoms with van der Waals surface area (Å²) in [6.07, 6.45) is 9.31. The van der Waals surface area contributed by atoms with Crippen LogP contribution in [0.1, 0.15) is 51.5 Å². The maximum absolute atomic E-state index is 4.48. The summed E-state index contributed by atoms with van der Waals surface area (Å²) in [4.78, 5) is 6.85. The van der Waals surface area contributed by atoms with Crippen LogP contribution in [0, 0.1) is 6.92 Å². The van der Waals surface area contributed by atoms with Gasteiger partial charge in [-0.2, -0.15) is 6.42 Å². The van der Waals surface area contributed by atoms with Gasteiger partial charge in [-0.05, 0) is 30.9 Å². The number of unbranched alkanes of at least 4 members (excludes halogenated alkanes) is 1. The van der Waals surface area contributed by atoms with Crippen molar-refractivity contribution in [1.29, 1.82) is 0 Å². The third-order valence-corrected chi connectivity index (χ3v) is 3.39. The Morgan fingerprint density at radius 2 is 1.95 bits per heavy atom. The van der Waals surface area contributed by atoms with Crippen LogP contribution in [0.3, 0.4) is 0 Å². The molecule has 1 aromatic rings. The molecule has 134 valence electrons. The second kappa shape index (κ2) is 16.0. The molecular weight excluding hydrogens is 544 g/mol. The quantitative estimate of drug-likeness (QED) is 0.399. The molecule has 2 heterocycles. The van der Waals surface area contributed by atoms with Crippen LogP contribution in [0.2, 0.25) is 0 Å². The molecule has 2 rings (SSSR count). The Bertz CT molecular complexity index is 348. The van der Waals surface area contributed by atoms with Crippen molar-refractivity contribution in [1.82, 2.24) is 4.98 Å². The number of hydrogen-bond acceptors (Lipinski definition) is 2. The maximum atomic E-state index is 4.48. The second-order valence-corrected chi connectivity index (χ2v) is 4.93. The zero-order valence-electron chi connectivity index (χ0n) is 13.1. The zero-order chi connectivity index (χ0) is 13.4. The van der Waals surface area contributed by atoms with Crippen LogP contribution in [0.4, 0.5) is 5.82 Å². The summed E-state index contributed by atoms with van der Waals surface area (Å²) in [7, 11) is 2.19. The van der Waals surface area contributed by atoms with E-state index in [9.17, 15) is 0 Å². The second-order valence-electron chi connectivity index (χ2n) is 4.93. The summed E-state index contributed by atoms with van der Waals surface area (Å²) in [6.45, 7) is 7.76. The Hall–Kier alpha value is 1.17. The van der Waals surface area contributed by atoms with Crippen molar-refractivity contribution in [3.8, 4) is 0 Å². The van der Waals surface area contributed by atoms with Crippen LogP contribution >= 0.6 is 0 Å². The number of pyridine rings is 1. The van der Waals surface area contributed by atoms with Gasteiger partial charge in [0.1, 0.15) is 5.82 Å². The Kier molecular flexibility index (Phi) is 20.7. The summed E-state index contributed by atoms with van der Waals surface area (Å²) < 4.78 is 0. The third kappa shape index (κ3) is 9.14. The van der Waals surface area contributed by atoms with Crippen molar-refractivity contribution in [3.63, 3.8) is 0 Å². The predicted octanol–water partition coefficient (Wildman–Crippen LogP) is 4.25. The summed E-state index contributed by atoms with van der Waals surface area (Å²) in [5, 5.41) is 0. The fraction of sp³-hybridized carbons (Fsp3) is 0.625. The first-order chi connectivity index (χ1) is 8.74. The Morgan fingerprint density at radius 1 is 1.33 bits per heavy atom. The molecule has 0 fully saturated rings. The van der Waals surface area contributed by atoms with Crippen LogP contribution < -0.4 is 4.90 Å². The smallest absolute Gasteiger partial charge is 0.356 e. The van der Waals surface area contributed by atoms with Crippen molar-refractivity contribution in [2.24, 2.45) is 0 Å². The van der Waals surface area contributed by atoms with E-state index in [1.54, 1.807) is 0 Å². The Balaban J connectivity index is -0.000000500. The number of aryl methyl sites for hydroxylation is 1. The molecule has 1 atom stereocenters. The molecule has 0 bridgehead atoms. The summed E-state index contributed by atoms with van der Waals surface area (Å²) in [6, 6.07) is 4.95. The monoisotopic (exact) mass is 568 g/mol. The van der Waals surface area contributed by atoms with E-state index in [1.165, 1.54) is 43.5 Å². The van der Waals surface area contributed by atoms with Crippen molar-refractivity contribution in [2.45, 2.75) is 58.4 Å². The van der Waals surface area contributed by atoms with Gasteiger partial charge in [0.2, 0.25) is 0 Å². The first-order valence-electron chi connectivity index (χ1n) is 7.20. The Morgan fingerprint density at radius 3 is 2.52 bits per heavy atom. The first-order valence-corrected chi connectivity index (χ1v) is 7.20. The van der Waals surface area contributed by atoms with Gasteiger partial charge >= 0.3 is 22.4 Å². The van der Waals surface area contributed by atoms with Crippen molar-refractivity contribution in [2.75, 3.05) is 11.9 Å². The van der Waals surface area contributed by atoms with Gasteiger partial charge in [0.05, 0.1) is 0 Å². The van der Waals surface area contributed by atoms with Gasteiger partial charge in [-0.25, -0.2) is 4.98 Å². The van der Waals surface area contributed by atoms with E-state index < -0.39 is 0 Å². The fourth-order valence-electron chi connectivity index (χ4n) is 2.41. The van der Waals surface area contributed by atoms with Crippen LogP contribution in [0.25, 0.3) is 0 Å². The van der Waals surface area contributed by atoms with Gasteiger partial charge in [0.15, 0.2) is 0 Å². The number of aromatic nitrogens is 1. The number of nitrogens with zero attached hydrogens (tertiary/aromatic N) is 2. The van der Waals surface area contributed by atoms with Gasteiger partial charge in [-0.1, -0.05) is 32.8 Å². The van der Waals surface area contributed by atoms with Crippen molar-refractivity contribution in [3.05, 3.63) is 30.8 Å². The summed E-state index contributed by atoms with van der Waals surface area (Å²) in [5.41, 5.74) is 1.41. The van der Waals surface area contributed by atoms with E-state index in [1.807, 2.05) is 19.2 Å². The van der Waals surface area contributed by atoms with Crippen LogP contribution in [-0.2, 0) is 73.6 Å². The van der Waals surface area contributed by atoms with Gasteiger partial charge in [0, 0.05) is 64.0 Å². The number of fused-ring (bicyclic) bond motifs is 1. The molecule has 0 spiro atoms.